The van der Waals surface area contributed by atoms with E-state index in [1.807, 2.05) is 20.8 Å². The molecule has 0 spiro atoms. The number of nitrogens with zero attached hydrogens (tertiary/aromatic N) is 1. The molecule has 1 aliphatic rings. The summed E-state index contributed by atoms with van der Waals surface area (Å²) in [7, 11) is -3.80. The average molecular weight is 357 g/mol. The number of carbonyl (C=O) groups is 1. The third kappa shape index (κ3) is 3.97. The first-order valence-electron chi connectivity index (χ1n) is 8.24. The number of sulfonamides is 1. The van der Waals surface area contributed by atoms with Gasteiger partial charge in [0.1, 0.15) is 5.76 Å². The van der Waals surface area contributed by atoms with Crippen molar-refractivity contribution >= 4 is 21.7 Å². The smallest absolute Gasteiger partial charge is 0.247 e. The first-order chi connectivity index (χ1) is 10.9. The highest BCUT2D eigenvalue weighted by Crippen LogP contribution is 2.26. The fraction of sp³-hybridized carbons (Fsp3) is 0.750. The molecule has 8 heteroatoms. The molecule has 0 aromatic carbocycles. The first-order valence-corrected chi connectivity index (χ1v) is 9.72. The molecule has 7 nitrogen and oxygen atoms in total. The molecule has 0 unspecified atom stereocenters. The summed E-state index contributed by atoms with van der Waals surface area (Å²) in [6.07, 6.45) is 3.65. The molecule has 0 saturated heterocycles. The molecule has 1 heterocycles. The maximum Gasteiger partial charge on any atom is 0.247 e. The Kier molecular flexibility index (Phi) is 5.11. The number of aromatic nitrogens is 1. The van der Waals surface area contributed by atoms with Gasteiger partial charge < -0.3 is 9.84 Å². The summed E-state index contributed by atoms with van der Waals surface area (Å²) in [5, 5.41) is 6.34. The molecular formula is C16H27N3O4S. The minimum Gasteiger partial charge on any atom is -0.359 e. The number of rotatable bonds is 5. The first kappa shape index (κ1) is 18.9. The average Bonchev–Trinajstić information content (AvgIpc) is 3.08. The van der Waals surface area contributed by atoms with Crippen LogP contribution in [0.1, 0.15) is 66.1 Å². The van der Waals surface area contributed by atoms with Crippen LogP contribution < -0.4 is 10.0 Å². The Balaban J connectivity index is 2.10. The zero-order valence-corrected chi connectivity index (χ0v) is 15.8. The van der Waals surface area contributed by atoms with E-state index in [2.05, 4.69) is 15.2 Å². The molecule has 1 amide bonds. The molecule has 1 aliphatic carbocycles. The monoisotopic (exact) mass is 357 g/mol. The van der Waals surface area contributed by atoms with Gasteiger partial charge >= 0.3 is 0 Å². The molecule has 0 aliphatic heterocycles. The molecule has 24 heavy (non-hydrogen) atoms. The van der Waals surface area contributed by atoms with Gasteiger partial charge in [0.05, 0.1) is 0 Å². The Labute approximate surface area is 143 Å². The van der Waals surface area contributed by atoms with E-state index in [-0.39, 0.29) is 17.3 Å². The van der Waals surface area contributed by atoms with Crippen molar-refractivity contribution in [3.05, 3.63) is 11.8 Å². The lowest BCUT2D eigenvalue weighted by Gasteiger charge is -2.25. The number of hydrogen-bond acceptors (Lipinski definition) is 5. The maximum absolute atomic E-state index is 12.6. The van der Waals surface area contributed by atoms with E-state index < -0.39 is 20.7 Å². The highest BCUT2D eigenvalue weighted by molar-refractivity contribution is 7.91. The number of amides is 1. The maximum atomic E-state index is 12.6. The van der Waals surface area contributed by atoms with Crippen molar-refractivity contribution in [1.29, 1.82) is 0 Å². The van der Waals surface area contributed by atoms with Crippen molar-refractivity contribution < 1.29 is 17.7 Å². The SMILES string of the molecule is CC(C)(C)c1cc(NC(=O)C(C)(C)S(=O)(=O)NC2CCCC2)no1. The Morgan fingerprint density at radius 1 is 1.21 bits per heavy atom. The van der Waals surface area contributed by atoms with Crippen molar-refractivity contribution in [1.82, 2.24) is 9.88 Å². The van der Waals surface area contributed by atoms with Crippen LogP contribution in [0.2, 0.25) is 0 Å². The van der Waals surface area contributed by atoms with E-state index in [0.717, 1.165) is 25.7 Å². The number of anilines is 1. The van der Waals surface area contributed by atoms with Gasteiger partial charge in [-0.2, -0.15) is 0 Å². The summed E-state index contributed by atoms with van der Waals surface area (Å²) in [6.45, 7) is 8.66. The lowest BCUT2D eigenvalue weighted by atomic mass is 9.93. The minimum absolute atomic E-state index is 0.0818. The van der Waals surface area contributed by atoms with E-state index in [1.54, 1.807) is 6.07 Å². The van der Waals surface area contributed by atoms with Gasteiger partial charge in [-0.1, -0.05) is 38.8 Å². The van der Waals surface area contributed by atoms with Crippen LogP contribution in [0, 0.1) is 0 Å². The minimum atomic E-state index is -3.80. The summed E-state index contributed by atoms with van der Waals surface area (Å²) >= 11 is 0. The van der Waals surface area contributed by atoms with E-state index in [0.29, 0.717) is 5.76 Å². The summed E-state index contributed by atoms with van der Waals surface area (Å²) < 4.78 is 31.4. The Hall–Kier alpha value is -1.41. The second-order valence-corrected chi connectivity index (χ2v) is 10.2. The van der Waals surface area contributed by atoms with E-state index in [1.165, 1.54) is 13.8 Å². The molecule has 136 valence electrons. The lowest BCUT2D eigenvalue weighted by molar-refractivity contribution is -0.117. The molecule has 0 radical (unpaired) electrons. The fourth-order valence-corrected chi connectivity index (χ4v) is 3.75. The van der Waals surface area contributed by atoms with E-state index in [9.17, 15) is 13.2 Å². The molecule has 1 aromatic rings. The lowest BCUT2D eigenvalue weighted by Crippen LogP contribution is -2.52. The van der Waals surface area contributed by atoms with Crippen molar-refractivity contribution in [2.24, 2.45) is 0 Å². The predicted molar refractivity (Wildman–Crippen MR) is 92.2 cm³/mol. The van der Waals surface area contributed by atoms with Crippen LogP contribution >= 0.6 is 0 Å². The van der Waals surface area contributed by atoms with Crippen LogP contribution in [0.15, 0.2) is 10.6 Å². The highest BCUT2D eigenvalue weighted by atomic mass is 32.2. The van der Waals surface area contributed by atoms with E-state index in [4.69, 9.17) is 4.52 Å². The van der Waals surface area contributed by atoms with Gasteiger partial charge in [-0.25, -0.2) is 13.1 Å². The van der Waals surface area contributed by atoms with Gasteiger partial charge in [0.15, 0.2) is 10.6 Å². The number of nitrogens with one attached hydrogen (secondary N) is 2. The Bertz CT molecular complexity index is 695. The summed E-state index contributed by atoms with van der Waals surface area (Å²) in [4.78, 5) is 12.5. The standard InChI is InChI=1S/C16H27N3O4S/c1-15(2,3)12-10-13(18-23-12)17-14(20)16(4,5)24(21,22)19-11-8-6-7-9-11/h10-11,19H,6-9H2,1-5H3,(H,17,18,20). The Morgan fingerprint density at radius 3 is 2.29 bits per heavy atom. The molecule has 2 rings (SSSR count). The van der Waals surface area contributed by atoms with Crippen LogP contribution in [-0.4, -0.2) is 30.3 Å². The molecule has 1 aromatic heterocycles. The number of hydrogen-bond donors (Lipinski definition) is 2. The summed E-state index contributed by atoms with van der Waals surface area (Å²) in [5.74, 6) is 0.193. The zero-order chi connectivity index (χ0) is 18.2. The number of carbonyl (C=O) groups excluding carboxylic acids is 1. The largest absolute Gasteiger partial charge is 0.359 e. The molecule has 1 fully saturated rings. The molecule has 1 saturated carbocycles. The highest BCUT2D eigenvalue weighted by Gasteiger charge is 2.43. The van der Waals surface area contributed by atoms with Crippen molar-refractivity contribution in [2.45, 2.75) is 76.5 Å². The van der Waals surface area contributed by atoms with Crippen LogP contribution in [-0.2, 0) is 20.2 Å². The van der Waals surface area contributed by atoms with E-state index >= 15 is 0 Å². The van der Waals surface area contributed by atoms with Gasteiger partial charge in [-0.3, -0.25) is 4.79 Å². The van der Waals surface area contributed by atoms with Crippen molar-refractivity contribution in [2.75, 3.05) is 5.32 Å². The zero-order valence-electron chi connectivity index (χ0n) is 15.0. The topological polar surface area (TPSA) is 101 Å². The van der Waals surface area contributed by atoms with Crippen LogP contribution in [0.4, 0.5) is 5.82 Å². The Morgan fingerprint density at radius 2 is 1.79 bits per heavy atom. The second kappa shape index (κ2) is 6.48. The van der Waals surface area contributed by atoms with Crippen LogP contribution in [0.5, 0.6) is 0 Å². The molecular weight excluding hydrogens is 330 g/mol. The predicted octanol–water partition coefficient (Wildman–Crippen LogP) is 2.55. The summed E-state index contributed by atoms with van der Waals surface area (Å²) in [6, 6.07) is 1.53. The van der Waals surface area contributed by atoms with Gasteiger partial charge in [-0.15, -0.1) is 0 Å². The van der Waals surface area contributed by atoms with Crippen LogP contribution in [0.3, 0.4) is 0 Å². The second-order valence-electron chi connectivity index (χ2n) is 7.89. The van der Waals surface area contributed by atoms with Gasteiger partial charge in [0, 0.05) is 17.5 Å². The summed E-state index contributed by atoms with van der Waals surface area (Å²) in [5.41, 5.74) is -0.248. The molecule has 2 N–H and O–H groups in total. The normalized spacial score (nSPS) is 17.2. The van der Waals surface area contributed by atoms with Gasteiger partial charge in [0.2, 0.25) is 15.9 Å². The van der Waals surface area contributed by atoms with Crippen molar-refractivity contribution in [3.8, 4) is 0 Å². The quantitative estimate of drug-likeness (QED) is 0.843. The fourth-order valence-electron chi connectivity index (χ4n) is 2.49. The third-order valence-electron chi connectivity index (χ3n) is 4.39. The van der Waals surface area contributed by atoms with Crippen molar-refractivity contribution in [3.63, 3.8) is 0 Å². The van der Waals surface area contributed by atoms with Gasteiger partial charge in [-0.05, 0) is 26.7 Å². The molecule has 0 bridgehead atoms. The molecule has 0 atom stereocenters. The van der Waals surface area contributed by atoms with Crippen LogP contribution in [0.25, 0.3) is 0 Å². The third-order valence-corrected chi connectivity index (χ3v) is 6.56. The van der Waals surface area contributed by atoms with Gasteiger partial charge in [0.25, 0.3) is 0 Å².